The van der Waals surface area contributed by atoms with Gasteiger partial charge in [0.05, 0.1) is 17.4 Å². The highest BCUT2D eigenvalue weighted by molar-refractivity contribution is 5.88. The maximum absolute atomic E-state index is 4.69. The molecule has 152 valence electrons. The quantitative estimate of drug-likeness (QED) is 0.516. The van der Waals surface area contributed by atoms with Crippen LogP contribution in [0.15, 0.2) is 36.9 Å². The third-order valence-corrected chi connectivity index (χ3v) is 5.36. The Morgan fingerprint density at radius 2 is 1.63 bits per heavy atom. The number of hydrogen-bond acceptors (Lipinski definition) is 8. The summed E-state index contributed by atoms with van der Waals surface area (Å²) in [7, 11) is 0. The van der Waals surface area contributed by atoms with Crippen molar-refractivity contribution in [3.8, 4) is 5.82 Å². The molecule has 0 unspecified atom stereocenters. The van der Waals surface area contributed by atoms with E-state index in [0.29, 0.717) is 0 Å². The normalized spacial score (nSPS) is 14.5. The lowest BCUT2D eigenvalue weighted by Gasteiger charge is -2.36. The fourth-order valence-corrected chi connectivity index (χ4v) is 3.96. The van der Waals surface area contributed by atoms with E-state index in [2.05, 4.69) is 45.9 Å². The fourth-order valence-electron chi connectivity index (χ4n) is 3.96. The second-order valence-corrected chi connectivity index (χ2v) is 7.53. The van der Waals surface area contributed by atoms with Crippen LogP contribution in [0, 0.1) is 20.8 Å². The summed E-state index contributed by atoms with van der Waals surface area (Å²) >= 11 is 0. The molecule has 0 atom stereocenters. The number of pyridine rings is 1. The van der Waals surface area contributed by atoms with Crippen LogP contribution < -0.4 is 9.80 Å². The highest BCUT2D eigenvalue weighted by atomic mass is 15.3. The highest BCUT2D eigenvalue weighted by Gasteiger charge is 2.22. The molecule has 0 spiro atoms. The first kappa shape index (κ1) is 18.4. The molecule has 0 aromatic carbocycles. The zero-order valence-corrected chi connectivity index (χ0v) is 17.3. The number of aryl methyl sites for hydroxylation is 3. The van der Waals surface area contributed by atoms with Crippen LogP contribution in [0.25, 0.3) is 16.7 Å². The van der Waals surface area contributed by atoms with Crippen LogP contribution in [0.2, 0.25) is 0 Å². The number of aromatic nitrogens is 7. The van der Waals surface area contributed by atoms with Crippen molar-refractivity contribution in [1.29, 1.82) is 0 Å². The first-order chi connectivity index (χ1) is 14.6. The number of nitrogens with zero attached hydrogens (tertiary/aromatic N) is 9. The van der Waals surface area contributed by atoms with Crippen molar-refractivity contribution < 1.29 is 0 Å². The maximum Gasteiger partial charge on any atom is 0.159 e. The third kappa shape index (κ3) is 3.32. The van der Waals surface area contributed by atoms with E-state index in [-0.39, 0.29) is 0 Å². The number of fused-ring (bicyclic) bond motifs is 1. The molecule has 0 aliphatic carbocycles. The van der Waals surface area contributed by atoms with E-state index >= 15 is 0 Å². The van der Waals surface area contributed by atoms with Gasteiger partial charge in [-0.25, -0.2) is 24.6 Å². The lowest BCUT2D eigenvalue weighted by atomic mass is 10.2. The molecule has 1 saturated heterocycles. The zero-order chi connectivity index (χ0) is 20.7. The molecule has 5 rings (SSSR count). The van der Waals surface area contributed by atoms with Crippen LogP contribution in [-0.2, 0) is 0 Å². The Balaban J connectivity index is 1.39. The standard InChI is InChI=1S/C21H23N9/c1-14-10-15(2)30(27-14)20-11-19(25-16(3)26-20)28-6-8-29(9-7-28)21-17-4-5-22-12-18(17)23-13-24-21/h4-5,10-13H,6-9H2,1-3H3. The van der Waals surface area contributed by atoms with E-state index in [4.69, 9.17) is 0 Å². The van der Waals surface area contributed by atoms with Crippen molar-refractivity contribution in [2.45, 2.75) is 20.8 Å². The van der Waals surface area contributed by atoms with Crippen molar-refractivity contribution in [2.24, 2.45) is 0 Å². The minimum Gasteiger partial charge on any atom is -0.353 e. The number of piperazine rings is 1. The van der Waals surface area contributed by atoms with Crippen LogP contribution in [0.1, 0.15) is 17.2 Å². The minimum absolute atomic E-state index is 0.742. The second kappa shape index (κ2) is 7.33. The summed E-state index contributed by atoms with van der Waals surface area (Å²) in [6.07, 6.45) is 5.18. The van der Waals surface area contributed by atoms with Crippen molar-refractivity contribution in [1.82, 2.24) is 34.7 Å². The van der Waals surface area contributed by atoms with Gasteiger partial charge in [0.15, 0.2) is 5.82 Å². The number of anilines is 2. The summed E-state index contributed by atoms with van der Waals surface area (Å²) in [5.41, 5.74) is 2.91. The molecule has 9 nitrogen and oxygen atoms in total. The van der Waals surface area contributed by atoms with Crippen molar-refractivity contribution >= 4 is 22.5 Å². The molecule has 1 aliphatic rings. The average Bonchev–Trinajstić information content (AvgIpc) is 3.11. The third-order valence-electron chi connectivity index (χ3n) is 5.36. The molecular weight excluding hydrogens is 378 g/mol. The Labute approximate surface area is 174 Å². The van der Waals surface area contributed by atoms with Gasteiger partial charge in [-0.1, -0.05) is 0 Å². The Hall–Kier alpha value is -3.62. The average molecular weight is 401 g/mol. The van der Waals surface area contributed by atoms with Gasteiger partial charge in [-0.15, -0.1) is 0 Å². The van der Waals surface area contributed by atoms with Crippen LogP contribution in [-0.4, -0.2) is 60.9 Å². The first-order valence-electron chi connectivity index (χ1n) is 10.0. The predicted octanol–water partition coefficient (Wildman–Crippen LogP) is 2.25. The molecular formula is C21H23N9. The fraction of sp³-hybridized carbons (Fsp3) is 0.333. The maximum atomic E-state index is 4.69. The lowest BCUT2D eigenvalue weighted by molar-refractivity contribution is 0.640. The number of hydrogen-bond donors (Lipinski definition) is 0. The molecule has 0 bridgehead atoms. The van der Waals surface area contributed by atoms with E-state index in [1.807, 2.05) is 37.6 Å². The largest absolute Gasteiger partial charge is 0.353 e. The summed E-state index contributed by atoms with van der Waals surface area (Å²) in [6.45, 7) is 9.37. The molecule has 9 heteroatoms. The van der Waals surface area contributed by atoms with Crippen LogP contribution >= 0.6 is 0 Å². The van der Waals surface area contributed by atoms with Gasteiger partial charge >= 0.3 is 0 Å². The summed E-state index contributed by atoms with van der Waals surface area (Å²) in [5, 5.41) is 5.60. The molecule has 0 N–H and O–H groups in total. The van der Waals surface area contributed by atoms with E-state index in [0.717, 1.165) is 71.7 Å². The molecule has 30 heavy (non-hydrogen) atoms. The van der Waals surface area contributed by atoms with Crippen molar-refractivity contribution in [3.05, 3.63) is 54.1 Å². The monoisotopic (exact) mass is 401 g/mol. The molecule has 1 aliphatic heterocycles. The van der Waals surface area contributed by atoms with Gasteiger partial charge in [0.1, 0.15) is 23.8 Å². The summed E-state index contributed by atoms with van der Waals surface area (Å²) in [6, 6.07) is 6.05. The van der Waals surface area contributed by atoms with Gasteiger partial charge in [-0.3, -0.25) is 4.98 Å². The van der Waals surface area contributed by atoms with Gasteiger partial charge in [0.25, 0.3) is 0 Å². The van der Waals surface area contributed by atoms with Gasteiger partial charge < -0.3 is 9.80 Å². The van der Waals surface area contributed by atoms with E-state index < -0.39 is 0 Å². The van der Waals surface area contributed by atoms with Crippen molar-refractivity contribution in [3.63, 3.8) is 0 Å². The second-order valence-electron chi connectivity index (χ2n) is 7.53. The Morgan fingerprint density at radius 3 is 2.40 bits per heavy atom. The summed E-state index contributed by atoms with van der Waals surface area (Å²) in [4.78, 5) is 26.9. The van der Waals surface area contributed by atoms with Gasteiger partial charge in [-0.2, -0.15) is 5.10 Å². The lowest BCUT2D eigenvalue weighted by Crippen LogP contribution is -2.47. The SMILES string of the molecule is Cc1cc(C)n(-c2cc(N3CCN(c4ncnc5cnccc45)CC3)nc(C)n2)n1. The molecule has 0 saturated carbocycles. The minimum atomic E-state index is 0.742. The van der Waals surface area contributed by atoms with E-state index in [1.54, 1.807) is 18.7 Å². The van der Waals surface area contributed by atoms with Crippen LogP contribution in [0.5, 0.6) is 0 Å². The zero-order valence-electron chi connectivity index (χ0n) is 17.3. The molecule has 0 radical (unpaired) electrons. The Kier molecular flexibility index (Phi) is 4.50. The Bertz CT molecular complexity index is 1200. The predicted molar refractivity (Wildman–Crippen MR) is 115 cm³/mol. The molecule has 5 heterocycles. The molecule has 4 aromatic rings. The summed E-state index contributed by atoms with van der Waals surface area (Å²) in [5.74, 6) is 3.44. The van der Waals surface area contributed by atoms with Crippen LogP contribution in [0.4, 0.5) is 11.6 Å². The molecule has 4 aromatic heterocycles. The topological polar surface area (TPSA) is 88.8 Å². The van der Waals surface area contributed by atoms with Crippen molar-refractivity contribution in [2.75, 3.05) is 36.0 Å². The van der Waals surface area contributed by atoms with E-state index in [1.165, 1.54) is 0 Å². The van der Waals surface area contributed by atoms with Gasteiger partial charge in [0.2, 0.25) is 0 Å². The van der Waals surface area contributed by atoms with Gasteiger partial charge in [0, 0.05) is 49.5 Å². The summed E-state index contributed by atoms with van der Waals surface area (Å²) < 4.78 is 1.88. The van der Waals surface area contributed by atoms with E-state index in [9.17, 15) is 0 Å². The Morgan fingerprint density at radius 1 is 0.867 bits per heavy atom. The smallest absolute Gasteiger partial charge is 0.159 e. The first-order valence-corrected chi connectivity index (χ1v) is 10.0. The van der Waals surface area contributed by atoms with Crippen LogP contribution in [0.3, 0.4) is 0 Å². The van der Waals surface area contributed by atoms with Gasteiger partial charge in [-0.05, 0) is 32.9 Å². The molecule has 0 amide bonds. The highest BCUT2D eigenvalue weighted by Crippen LogP contribution is 2.25. The number of rotatable bonds is 3. The molecule has 1 fully saturated rings.